The number of hydrogen-bond acceptors (Lipinski definition) is 5. The van der Waals surface area contributed by atoms with Crippen LogP contribution < -0.4 is 16.0 Å². The first-order valence-electron chi connectivity index (χ1n) is 7.61. The molecule has 1 saturated heterocycles. The highest BCUT2D eigenvalue weighted by Gasteiger charge is 2.25. The Kier molecular flexibility index (Phi) is 4.76. The van der Waals surface area contributed by atoms with Gasteiger partial charge in [-0.05, 0) is 31.6 Å². The zero-order chi connectivity index (χ0) is 15.6. The summed E-state index contributed by atoms with van der Waals surface area (Å²) < 4.78 is 0. The van der Waals surface area contributed by atoms with Gasteiger partial charge in [-0.25, -0.2) is 4.98 Å². The summed E-state index contributed by atoms with van der Waals surface area (Å²) in [5, 5.41) is 3.90. The molecule has 1 aliphatic heterocycles. The molecule has 2 rings (SSSR count). The molecule has 1 fully saturated rings. The molecule has 118 valence electrons. The molecular formula is C15H26N4OS. The third-order valence-corrected chi connectivity index (χ3v) is 5.25. The van der Waals surface area contributed by atoms with Gasteiger partial charge in [0.1, 0.15) is 10.7 Å². The standard InChI is InChI=1S/C15H26N4OS/c1-10(15(2,3)4)17-13(20)11-12(16)18-14(21-11)19-8-6-5-7-9-19/h10H,5-9,16H2,1-4H3,(H,17,20). The van der Waals surface area contributed by atoms with Gasteiger partial charge in [0.05, 0.1) is 0 Å². The first kappa shape index (κ1) is 16.1. The number of aromatic nitrogens is 1. The molecule has 1 unspecified atom stereocenters. The molecule has 21 heavy (non-hydrogen) atoms. The quantitative estimate of drug-likeness (QED) is 0.900. The maximum Gasteiger partial charge on any atom is 0.265 e. The first-order valence-corrected chi connectivity index (χ1v) is 8.43. The molecule has 0 saturated carbocycles. The second kappa shape index (κ2) is 6.22. The second-order valence-corrected chi connectivity index (χ2v) is 7.80. The van der Waals surface area contributed by atoms with Crippen molar-refractivity contribution in [3.05, 3.63) is 4.88 Å². The van der Waals surface area contributed by atoms with Crippen LogP contribution in [0.15, 0.2) is 0 Å². The Morgan fingerprint density at radius 1 is 1.33 bits per heavy atom. The van der Waals surface area contributed by atoms with Crippen LogP contribution in [0.3, 0.4) is 0 Å². The molecule has 1 aliphatic rings. The van der Waals surface area contributed by atoms with Crippen molar-refractivity contribution in [1.29, 1.82) is 0 Å². The summed E-state index contributed by atoms with van der Waals surface area (Å²) in [5.74, 6) is 0.231. The van der Waals surface area contributed by atoms with E-state index in [9.17, 15) is 4.79 Å². The summed E-state index contributed by atoms with van der Waals surface area (Å²) in [6, 6.07) is 0.0740. The van der Waals surface area contributed by atoms with Crippen molar-refractivity contribution >= 4 is 28.2 Å². The van der Waals surface area contributed by atoms with E-state index < -0.39 is 0 Å². The molecule has 0 bridgehead atoms. The lowest BCUT2D eigenvalue weighted by molar-refractivity contribution is 0.0915. The second-order valence-electron chi connectivity index (χ2n) is 6.82. The maximum absolute atomic E-state index is 12.4. The monoisotopic (exact) mass is 310 g/mol. The lowest BCUT2D eigenvalue weighted by Crippen LogP contribution is -2.41. The van der Waals surface area contributed by atoms with Crippen LogP contribution >= 0.6 is 11.3 Å². The van der Waals surface area contributed by atoms with Gasteiger partial charge < -0.3 is 16.0 Å². The van der Waals surface area contributed by atoms with Crippen LogP contribution in [0.1, 0.15) is 56.6 Å². The Morgan fingerprint density at radius 2 is 1.95 bits per heavy atom. The van der Waals surface area contributed by atoms with E-state index >= 15 is 0 Å². The molecule has 0 aromatic carbocycles. The van der Waals surface area contributed by atoms with Gasteiger partial charge in [-0.2, -0.15) is 0 Å². The van der Waals surface area contributed by atoms with E-state index in [0.29, 0.717) is 10.7 Å². The summed E-state index contributed by atoms with van der Waals surface area (Å²) in [4.78, 5) is 19.5. The third-order valence-electron chi connectivity index (χ3n) is 4.12. The predicted octanol–water partition coefficient (Wildman–Crippen LogP) is 2.88. The van der Waals surface area contributed by atoms with E-state index in [1.165, 1.54) is 30.6 Å². The minimum absolute atomic E-state index is 0.0187. The summed E-state index contributed by atoms with van der Waals surface area (Å²) >= 11 is 1.40. The Balaban J connectivity index is 2.09. The van der Waals surface area contributed by atoms with Gasteiger partial charge in [0.25, 0.3) is 5.91 Å². The van der Waals surface area contributed by atoms with Crippen LogP contribution in [0, 0.1) is 5.41 Å². The largest absolute Gasteiger partial charge is 0.382 e. The molecule has 3 N–H and O–H groups in total. The highest BCUT2D eigenvalue weighted by Crippen LogP contribution is 2.30. The normalized spacial score (nSPS) is 17.6. The number of anilines is 2. The molecule has 0 radical (unpaired) electrons. The van der Waals surface area contributed by atoms with Crippen LogP contribution in [0.5, 0.6) is 0 Å². The van der Waals surface area contributed by atoms with E-state index in [-0.39, 0.29) is 17.4 Å². The number of nitrogen functional groups attached to an aromatic ring is 1. The number of amides is 1. The first-order chi connectivity index (χ1) is 9.79. The van der Waals surface area contributed by atoms with Gasteiger partial charge in [-0.3, -0.25) is 4.79 Å². The van der Waals surface area contributed by atoms with Crippen molar-refractivity contribution in [3.8, 4) is 0 Å². The van der Waals surface area contributed by atoms with Crippen LogP contribution in [0.4, 0.5) is 10.9 Å². The van der Waals surface area contributed by atoms with Crippen molar-refractivity contribution in [2.24, 2.45) is 5.41 Å². The zero-order valence-electron chi connectivity index (χ0n) is 13.4. The number of nitrogens with two attached hydrogens (primary N) is 1. The van der Waals surface area contributed by atoms with Gasteiger partial charge in [0.2, 0.25) is 0 Å². The minimum Gasteiger partial charge on any atom is -0.382 e. The van der Waals surface area contributed by atoms with Crippen LogP contribution in [-0.4, -0.2) is 30.0 Å². The van der Waals surface area contributed by atoms with Crippen molar-refractivity contribution in [2.75, 3.05) is 23.7 Å². The molecule has 0 aliphatic carbocycles. The Morgan fingerprint density at radius 3 is 2.52 bits per heavy atom. The number of nitrogens with one attached hydrogen (secondary N) is 1. The molecule has 5 nitrogen and oxygen atoms in total. The molecule has 2 heterocycles. The van der Waals surface area contributed by atoms with Gasteiger partial charge in [-0.1, -0.05) is 32.1 Å². The van der Waals surface area contributed by atoms with Gasteiger partial charge in [0, 0.05) is 19.1 Å². The fourth-order valence-corrected chi connectivity index (χ4v) is 3.12. The van der Waals surface area contributed by atoms with Crippen molar-refractivity contribution in [1.82, 2.24) is 10.3 Å². The molecule has 1 atom stereocenters. The lowest BCUT2D eigenvalue weighted by Gasteiger charge is -2.27. The summed E-state index contributed by atoms with van der Waals surface area (Å²) in [6.45, 7) is 10.3. The molecule has 1 amide bonds. The van der Waals surface area contributed by atoms with Crippen LogP contribution in [0.2, 0.25) is 0 Å². The number of hydrogen-bond donors (Lipinski definition) is 2. The van der Waals surface area contributed by atoms with E-state index in [2.05, 4.69) is 36.0 Å². The summed E-state index contributed by atoms with van der Waals surface area (Å²) in [7, 11) is 0. The number of carbonyl (C=O) groups excluding carboxylic acids is 1. The Labute approximate surface area is 130 Å². The predicted molar refractivity (Wildman–Crippen MR) is 89.0 cm³/mol. The molecule has 0 spiro atoms. The highest BCUT2D eigenvalue weighted by atomic mass is 32.1. The van der Waals surface area contributed by atoms with Gasteiger partial charge in [-0.15, -0.1) is 0 Å². The number of piperidine rings is 1. The maximum atomic E-state index is 12.4. The lowest BCUT2D eigenvalue weighted by atomic mass is 9.88. The molecule has 6 heteroatoms. The topological polar surface area (TPSA) is 71.2 Å². The molecular weight excluding hydrogens is 284 g/mol. The fourth-order valence-electron chi connectivity index (χ4n) is 2.18. The number of rotatable bonds is 3. The smallest absolute Gasteiger partial charge is 0.265 e. The van der Waals surface area contributed by atoms with E-state index in [1.807, 2.05) is 6.92 Å². The Bertz CT molecular complexity index is 500. The van der Waals surface area contributed by atoms with Crippen molar-refractivity contribution in [2.45, 2.75) is 53.0 Å². The van der Waals surface area contributed by atoms with E-state index in [0.717, 1.165) is 18.2 Å². The number of carbonyl (C=O) groups is 1. The van der Waals surface area contributed by atoms with Crippen LogP contribution in [-0.2, 0) is 0 Å². The highest BCUT2D eigenvalue weighted by molar-refractivity contribution is 7.18. The average Bonchev–Trinajstić information content (AvgIpc) is 2.81. The Hall–Kier alpha value is -1.30. The molecule has 1 aromatic rings. The van der Waals surface area contributed by atoms with Crippen molar-refractivity contribution < 1.29 is 4.79 Å². The van der Waals surface area contributed by atoms with Gasteiger partial charge >= 0.3 is 0 Å². The van der Waals surface area contributed by atoms with Crippen molar-refractivity contribution in [3.63, 3.8) is 0 Å². The average molecular weight is 310 g/mol. The third kappa shape index (κ3) is 3.87. The van der Waals surface area contributed by atoms with E-state index in [4.69, 9.17) is 5.73 Å². The fraction of sp³-hybridized carbons (Fsp3) is 0.733. The number of thiazole rings is 1. The minimum atomic E-state index is -0.115. The SMILES string of the molecule is CC(NC(=O)c1sc(N2CCCCC2)nc1N)C(C)(C)C. The molecule has 1 aromatic heterocycles. The van der Waals surface area contributed by atoms with E-state index in [1.54, 1.807) is 0 Å². The number of nitrogens with zero attached hydrogens (tertiary/aromatic N) is 2. The zero-order valence-corrected chi connectivity index (χ0v) is 14.2. The van der Waals surface area contributed by atoms with Gasteiger partial charge in [0.15, 0.2) is 5.13 Å². The summed E-state index contributed by atoms with van der Waals surface area (Å²) in [5.41, 5.74) is 5.96. The van der Waals surface area contributed by atoms with Crippen LogP contribution in [0.25, 0.3) is 0 Å². The summed E-state index contributed by atoms with van der Waals surface area (Å²) in [6.07, 6.45) is 3.64.